The molecule has 1 aliphatic rings. The highest BCUT2D eigenvalue weighted by Crippen LogP contribution is 2.20. The summed E-state index contributed by atoms with van der Waals surface area (Å²) in [5.41, 5.74) is 2.29. The van der Waals surface area contributed by atoms with Crippen molar-refractivity contribution in [2.75, 3.05) is 6.54 Å². The fraction of sp³-hybridized carbons (Fsp3) is 0.429. The summed E-state index contributed by atoms with van der Waals surface area (Å²) in [6.45, 7) is 3.72. The van der Waals surface area contributed by atoms with Crippen LogP contribution in [0.3, 0.4) is 0 Å². The number of hydrogen-bond donors (Lipinski definition) is 1. The lowest BCUT2D eigenvalue weighted by Gasteiger charge is -2.28. The van der Waals surface area contributed by atoms with Crippen LogP contribution in [0.15, 0.2) is 30.6 Å². The second kappa shape index (κ2) is 6.15. The molecule has 0 unspecified atom stereocenters. The minimum atomic E-state index is -3.52. The molecule has 1 N–H and O–H groups in total. The molecule has 0 saturated heterocycles. The predicted octanol–water partition coefficient (Wildman–Crippen LogP) is 0.691. The van der Waals surface area contributed by atoms with Gasteiger partial charge in [0.15, 0.2) is 0 Å². The maximum absolute atomic E-state index is 12.4. The zero-order chi connectivity index (χ0) is 15.6. The largest absolute Gasteiger partial charge is 0.317 e. The van der Waals surface area contributed by atoms with Gasteiger partial charge >= 0.3 is 0 Å². The first-order chi connectivity index (χ1) is 10.6. The molecule has 0 fully saturated rings. The van der Waals surface area contributed by atoms with Crippen molar-refractivity contribution in [3.8, 4) is 0 Å². The number of fused-ring (bicyclic) bond motifs is 1. The Balaban J connectivity index is 1.69. The third kappa shape index (κ3) is 3.03. The molecule has 7 nitrogen and oxygen atoms in total. The molecule has 2 heterocycles. The highest BCUT2D eigenvalue weighted by Gasteiger charge is 2.26. The lowest BCUT2D eigenvalue weighted by molar-refractivity contribution is 0.383. The standard InChI is InChI=1S/C14H19N5O2S/c1-2-18-11-15-17-14(18)9-16-22(20,21)19-8-7-12-5-3-4-6-13(12)10-19/h3-6,11,16H,2,7-10H2,1H3. The molecule has 1 aromatic carbocycles. The quantitative estimate of drug-likeness (QED) is 0.879. The van der Waals surface area contributed by atoms with Gasteiger partial charge in [-0.3, -0.25) is 0 Å². The van der Waals surface area contributed by atoms with Gasteiger partial charge in [-0.15, -0.1) is 10.2 Å². The summed E-state index contributed by atoms with van der Waals surface area (Å²) in [6, 6.07) is 7.95. The molecule has 8 heteroatoms. The molecule has 118 valence electrons. The van der Waals surface area contributed by atoms with E-state index < -0.39 is 10.2 Å². The van der Waals surface area contributed by atoms with Gasteiger partial charge in [0.2, 0.25) is 0 Å². The molecule has 3 rings (SSSR count). The van der Waals surface area contributed by atoms with Crippen LogP contribution >= 0.6 is 0 Å². The van der Waals surface area contributed by atoms with E-state index in [9.17, 15) is 8.42 Å². The number of aromatic nitrogens is 3. The summed E-state index contributed by atoms with van der Waals surface area (Å²) in [4.78, 5) is 0. The summed E-state index contributed by atoms with van der Waals surface area (Å²) in [5.74, 6) is 0.614. The molecule has 0 saturated carbocycles. The van der Waals surface area contributed by atoms with Crippen molar-refractivity contribution in [3.05, 3.63) is 47.5 Å². The van der Waals surface area contributed by atoms with Crippen LogP contribution in [0.4, 0.5) is 0 Å². The second-order valence-corrected chi connectivity index (χ2v) is 6.97. The van der Waals surface area contributed by atoms with E-state index in [-0.39, 0.29) is 6.54 Å². The Kier molecular flexibility index (Phi) is 4.23. The van der Waals surface area contributed by atoms with E-state index in [1.165, 1.54) is 9.87 Å². The topological polar surface area (TPSA) is 80.1 Å². The summed E-state index contributed by atoms with van der Waals surface area (Å²) in [6.07, 6.45) is 2.34. The first kappa shape index (κ1) is 15.1. The van der Waals surface area contributed by atoms with Gasteiger partial charge in [0.1, 0.15) is 12.2 Å². The van der Waals surface area contributed by atoms with E-state index >= 15 is 0 Å². The summed E-state index contributed by atoms with van der Waals surface area (Å²) < 4.78 is 30.8. The van der Waals surface area contributed by atoms with E-state index in [2.05, 4.69) is 21.0 Å². The smallest absolute Gasteiger partial charge is 0.280 e. The summed E-state index contributed by atoms with van der Waals surface area (Å²) >= 11 is 0. The minimum absolute atomic E-state index is 0.147. The molecule has 0 bridgehead atoms. The van der Waals surface area contributed by atoms with Crippen LogP contribution in [0.5, 0.6) is 0 Å². The van der Waals surface area contributed by atoms with E-state index in [4.69, 9.17) is 0 Å². The fourth-order valence-electron chi connectivity index (χ4n) is 2.60. The number of nitrogens with one attached hydrogen (secondary N) is 1. The molecular formula is C14H19N5O2S. The van der Waals surface area contributed by atoms with Crippen LogP contribution in [0.2, 0.25) is 0 Å². The van der Waals surface area contributed by atoms with Gasteiger partial charge in [-0.2, -0.15) is 17.4 Å². The SMILES string of the molecule is CCn1cnnc1CNS(=O)(=O)N1CCc2ccccc2C1. The summed E-state index contributed by atoms with van der Waals surface area (Å²) in [7, 11) is -3.52. The maximum atomic E-state index is 12.4. The van der Waals surface area contributed by atoms with E-state index in [0.29, 0.717) is 25.5 Å². The van der Waals surface area contributed by atoms with Crippen molar-refractivity contribution >= 4 is 10.2 Å². The van der Waals surface area contributed by atoms with Crippen molar-refractivity contribution in [2.24, 2.45) is 0 Å². The number of aryl methyl sites for hydroxylation is 1. The molecule has 1 aromatic heterocycles. The Bertz CT molecular complexity index is 756. The van der Waals surface area contributed by atoms with Crippen molar-refractivity contribution in [3.63, 3.8) is 0 Å². The lowest BCUT2D eigenvalue weighted by Crippen LogP contribution is -2.43. The number of nitrogens with zero attached hydrogens (tertiary/aromatic N) is 4. The van der Waals surface area contributed by atoms with Crippen molar-refractivity contribution in [2.45, 2.75) is 33.0 Å². The maximum Gasteiger partial charge on any atom is 0.280 e. The Hall–Kier alpha value is -1.77. The van der Waals surface area contributed by atoms with Crippen LogP contribution in [0, 0.1) is 0 Å². The third-order valence-corrected chi connectivity index (χ3v) is 5.39. The van der Waals surface area contributed by atoms with Gasteiger partial charge in [-0.1, -0.05) is 24.3 Å². The molecule has 0 radical (unpaired) electrons. The van der Waals surface area contributed by atoms with E-state index in [0.717, 1.165) is 12.0 Å². The zero-order valence-electron chi connectivity index (χ0n) is 12.4. The predicted molar refractivity (Wildman–Crippen MR) is 82.0 cm³/mol. The van der Waals surface area contributed by atoms with Gasteiger partial charge in [-0.25, -0.2) is 0 Å². The summed E-state index contributed by atoms with van der Waals surface area (Å²) in [5, 5.41) is 7.74. The van der Waals surface area contributed by atoms with Crippen molar-refractivity contribution < 1.29 is 8.42 Å². The zero-order valence-corrected chi connectivity index (χ0v) is 13.3. The van der Waals surface area contributed by atoms with Crippen LogP contribution in [-0.4, -0.2) is 34.0 Å². The second-order valence-electron chi connectivity index (χ2n) is 5.21. The Morgan fingerprint density at radius 2 is 2.05 bits per heavy atom. The van der Waals surface area contributed by atoms with Gasteiger partial charge in [0.05, 0.1) is 6.54 Å². The molecule has 0 spiro atoms. The van der Waals surface area contributed by atoms with Crippen LogP contribution in [0.25, 0.3) is 0 Å². The molecule has 2 aromatic rings. The van der Waals surface area contributed by atoms with Crippen LogP contribution in [-0.2, 0) is 36.3 Å². The Morgan fingerprint density at radius 1 is 1.27 bits per heavy atom. The molecule has 0 amide bonds. The highest BCUT2D eigenvalue weighted by molar-refractivity contribution is 7.87. The van der Waals surface area contributed by atoms with Crippen molar-refractivity contribution in [1.29, 1.82) is 0 Å². The highest BCUT2D eigenvalue weighted by atomic mass is 32.2. The molecule has 0 atom stereocenters. The van der Waals surface area contributed by atoms with Gasteiger partial charge in [0, 0.05) is 19.6 Å². The average Bonchev–Trinajstić information content (AvgIpc) is 3.00. The van der Waals surface area contributed by atoms with Gasteiger partial charge in [0.25, 0.3) is 10.2 Å². The first-order valence-corrected chi connectivity index (χ1v) is 8.72. The number of rotatable bonds is 5. The normalized spacial score (nSPS) is 15.7. The monoisotopic (exact) mass is 321 g/mol. The van der Waals surface area contributed by atoms with E-state index in [1.807, 2.05) is 29.7 Å². The number of benzene rings is 1. The minimum Gasteiger partial charge on any atom is -0.317 e. The van der Waals surface area contributed by atoms with Gasteiger partial charge in [-0.05, 0) is 24.5 Å². The fourth-order valence-corrected chi connectivity index (χ4v) is 3.74. The number of hydrogen-bond acceptors (Lipinski definition) is 4. The van der Waals surface area contributed by atoms with E-state index in [1.54, 1.807) is 6.33 Å². The molecule has 22 heavy (non-hydrogen) atoms. The van der Waals surface area contributed by atoms with Gasteiger partial charge < -0.3 is 4.57 Å². The third-order valence-electron chi connectivity index (χ3n) is 3.88. The van der Waals surface area contributed by atoms with Crippen LogP contribution in [0.1, 0.15) is 23.9 Å². The molecular weight excluding hydrogens is 302 g/mol. The Labute approximate surface area is 130 Å². The first-order valence-electron chi connectivity index (χ1n) is 7.28. The Morgan fingerprint density at radius 3 is 2.82 bits per heavy atom. The van der Waals surface area contributed by atoms with Crippen LogP contribution < -0.4 is 4.72 Å². The average molecular weight is 321 g/mol. The molecule has 0 aliphatic carbocycles. The molecule has 1 aliphatic heterocycles. The lowest BCUT2D eigenvalue weighted by atomic mass is 10.0. The van der Waals surface area contributed by atoms with Crippen molar-refractivity contribution in [1.82, 2.24) is 23.8 Å².